The van der Waals surface area contributed by atoms with E-state index < -0.39 is 12.1 Å². The van der Waals surface area contributed by atoms with Crippen LogP contribution in [0.1, 0.15) is 239 Å². The highest BCUT2D eigenvalue weighted by Crippen LogP contribution is 2.14. The molecule has 0 heterocycles. The fourth-order valence-electron chi connectivity index (χ4n) is 6.82. The summed E-state index contributed by atoms with van der Waals surface area (Å²) in [5, 5.41) is 0. The molecule has 0 aromatic rings. The summed E-state index contributed by atoms with van der Waals surface area (Å²) in [6, 6.07) is 0. The largest absolute Gasteiger partial charge is 0.462 e. The molecular formula is C55H94O6. The highest BCUT2D eigenvalue weighted by Gasteiger charge is 2.19. The zero-order valence-corrected chi connectivity index (χ0v) is 39.9. The van der Waals surface area contributed by atoms with Crippen LogP contribution in [0, 0.1) is 0 Å². The van der Waals surface area contributed by atoms with Gasteiger partial charge >= 0.3 is 17.9 Å². The van der Waals surface area contributed by atoms with Gasteiger partial charge in [-0.05, 0) is 77.0 Å². The molecule has 0 aliphatic carbocycles. The van der Waals surface area contributed by atoms with Gasteiger partial charge in [0.1, 0.15) is 13.2 Å². The average molecular weight is 851 g/mol. The number of esters is 3. The minimum Gasteiger partial charge on any atom is -0.462 e. The van der Waals surface area contributed by atoms with Crippen molar-refractivity contribution in [2.24, 2.45) is 0 Å². The first kappa shape index (κ1) is 57.9. The summed E-state index contributed by atoms with van der Waals surface area (Å²) in [5.41, 5.74) is 0. The van der Waals surface area contributed by atoms with Gasteiger partial charge in [-0.15, -0.1) is 0 Å². The molecule has 0 unspecified atom stereocenters. The third-order valence-corrected chi connectivity index (χ3v) is 10.7. The predicted octanol–water partition coefficient (Wildman–Crippen LogP) is 16.6. The maximum Gasteiger partial charge on any atom is 0.306 e. The Morgan fingerprint density at radius 3 is 1.08 bits per heavy atom. The molecule has 0 saturated heterocycles. The number of allylic oxidation sites excluding steroid dienone is 12. The molecule has 0 bridgehead atoms. The van der Waals surface area contributed by atoms with Crippen LogP contribution in [0.25, 0.3) is 0 Å². The number of hydrogen-bond acceptors (Lipinski definition) is 6. The van der Waals surface area contributed by atoms with Crippen LogP contribution < -0.4 is 0 Å². The summed E-state index contributed by atoms with van der Waals surface area (Å²) in [7, 11) is 0. The third-order valence-electron chi connectivity index (χ3n) is 10.7. The van der Waals surface area contributed by atoms with E-state index in [1.165, 1.54) is 116 Å². The molecule has 0 N–H and O–H groups in total. The molecule has 0 radical (unpaired) electrons. The van der Waals surface area contributed by atoms with E-state index in [-0.39, 0.29) is 31.6 Å². The van der Waals surface area contributed by atoms with Gasteiger partial charge in [0, 0.05) is 19.3 Å². The number of carbonyl (C=O) groups excluding carboxylic acids is 3. The summed E-state index contributed by atoms with van der Waals surface area (Å²) in [5.74, 6) is -0.999. The van der Waals surface area contributed by atoms with Crippen LogP contribution in [0.5, 0.6) is 0 Å². The molecule has 0 rings (SSSR count). The summed E-state index contributed by atoms with van der Waals surface area (Å²) in [4.78, 5) is 37.9. The van der Waals surface area contributed by atoms with Crippen LogP contribution in [0.2, 0.25) is 0 Å². The van der Waals surface area contributed by atoms with E-state index >= 15 is 0 Å². The molecule has 0 fully saturated rings. The van der Waals surface area contributed by atoms with Gasteiger partial charge in [-0.1, -0.05) is 216 Å². The van der Waals surface area contributed by atoms with Crippen LogP contribution in [0.15, 0.2) is 72.9 Å². The molecular weight excluding hydrogens is 757 g/mol. The Morgan fingerprint density at radius 2 is 0.639 bits per heavy atom. The van der Waals surface area contributed by atoms with Gasteiger partial charge in [0.15, 0.2) is 6.10 Å². The van der Waals surface area contributed by atoms with Gasteiger partial charge in [0.05, 0.1) is 0 Å². The lowest BCUT2D eigenvalue weighted by Gasteiger charge is -2.18. The Morgan fingerprint density at radius 1 is 0.328 bits per heavy atom. The third kappa shape index (κ3) is 47.7. The fraction of sp³-hybridized carbons (Fsp3) is 0.727. The fourth-order valence-corrected chi connectivity index (χ4v) is 6.82. The van der Waals surface area contributed by atoms with Gasteiger partial charge < -0.3 is 14.2 Å². The molecule has 1 atom stereocenters. The van der Waals surface area contributed by atoms with Gasteiger partial charge in [0.2, 0.25) is 0 Å². The van der Waals surface area contributed by atoms with E-state index in [0.717, 1.165) is 77.0 Å². The van der Waals surface area contributed by atoms with Crippen molar-refractivity contribution in [3.05, 3.63) is 72.9 Å². The zero-order valence-electron chi connectivity index (χ0n) is 39.9. The number of ether oxygens (including phenoxy) is 3. The second kappa shape index (κ2) is 49.5. The smallest absolute Gasteiger partial charge is 0.306 e. The minimum absolute atomic E-state index is 0.106. The Hall–Kier alpha value is -3.15. The van der Waals surface area contributed by atoms with E-state index in [1.807, 2.05) is 6.08 Å². The second-order valence-corrected chi connectivity index (χ2v) is 16.7. The number of hydrogen-bond donors (Lipinski definition) is 0. The van der Waals surface area contributed by atoms with E-state index in [1.54, 1.807) is 0 Å². The number of unbranched alkanes of at least 4 members (excludes halogenated alkanes) is 22. The zero-order chi connectivity index (χ0) is 44.4. The van der Waals surface area contributed by atoms with Crippen LogP contribution in [-0.2, 0) is 28.6 Å². The highest BCUT2D eigenvalue weighted by atomic mass is 16.6. The first-order valence-corrected chi connectivity index (χ1v) is 25.4. The molecule has 0 spiro atoms. The predicted molar refractivity (Wildman–Crippen MR) is 261 cm³/mol. The van der Waals surface area contributed by atoms with Crippen molar-refractivity contribution in [2.45, 2.75) is 245 Å². The summed E-state index contributed by atoms with van der Waals surface area (Å²) in [6.07, 6.45) is 61.8. The van der Waals surface area contributed by atoms with E-state index in [4.69, 9.17) is 14.2 Å². The molecule has 0 saturated carbocycles. The topological polar surface area (TPSA) is 78.9 Å². The van der Waals surface area contributed by atoms with E-state index in [0.29, 0.717) is 19.3 Å². The summed E-state index contributed by atoms with van der Waals surface area (Å²) < 4.78 is 16.7. The van der Waals surface area contributed by atoms with Crippen molar-refractivity contribution < 1.29 is 28.6 Å². The van der Waals surface area contributed by atoms with Crippen LogP contribution >= 0.6 is 0 Å². The van der Waals surface area contributed by atoms with Crippen molar-refractivity contribution in [3.63, 3.8) is 0 Å². The SMILES string of the molecule is CCCC/C=C\CCCCCCCC(=O)OC[C@H](COC(=O)CCCCCCCCCCCCCCC)OC(=O)CC/C=C\C/C=C\C/C=C\C/C=C\C/C=C\CCCCC. The molecule has 0 aromatic carbocycles. The minimum atomic E-state index is -0.815. The molecule has 0 aliphatic rings. The van der Waals surface area contributed by atoms with Crippen LogP contribution in [0.4, 0.5) is 0 Å². The monoisotopic (exact) mass is 851 g/mol. The normalized spacial score (nSPS) is 12.6. The second-order valence-electron chi connectivity index (χ2n) is 16.7. The standard InChI is InChI=1S/C55H94O6/c1-4-7-10-13-16-19-22-24-25-26-27-28-29-31-34-37-40-43-46-49-55(58)61-52(50-59-53(56)47-44-41-38-35-32-21-18-15-12-9-6-3)51-60-54(57)48-45-42-39-36-33-30-23-20-17-14-11-8-5-2/h15-16,18-19,24-25,27-28,31,34,40,43,52H,4-14,17,20-23,26,29-30,32-33,35-39,41-42,44-51H2,1-3H3/b18-15-,19-16-,25-24-,28-27-,34-31-,43-40-/t52-/m1/s1. The lowest BCUT2D eigenvalue weighted by molar-refractivity contribution is -0.166. The maximum atomic E-state index is 12.7. The molecule has 6 nitrogen and oxygen atoms in total. The van der Waals surface area contributed by atoms with Gasteiger partial charge in [-0.3, -0.25) is 14.4 Å². The number of carbonyl (C=O) groups is 3. The first-order valence-electron chi connectivity index (χ1n) is 25.4. The first-order chi connectivity index (χ1) is 30.0. The molecule has 0 aliphatic heterocycles. The Balaban J connectivity index is 4.49. The summed E-state index contributed by atoms with van der Waals surface area (Å²) >= 11 is 0. The maximum absolute atomic E-state index is 12.7. The van der Waals surface area contributed by atoms with Crippen molar-refractivity contribution >= 4 is 17.9 Å². The lowest BCUT2D eigenvalue weighted by Crippen LogP contribution is -2.30. The van der Waals surface area contributed by atoms with Gasteiger partial charge in [-0.25, -0.2) is 0 Å². The Labute approximate surface area is 376 Å². The molecule has 6 heteroatoms. The van der Waals surface area contributed by atoms with E-state index in [2.05, 4.69) is 87.6 Å². The Bertz CT molecular complexity index is 1160. The molecule has 0 aromatic heterocycles. The Kier molecular flexibility index (Phi) is 46.9. The van der Waals surface area contributed by atoms with Crippen molar-refractivity contribution in [1.29, 1.82) is 0 Å². The van der Waals surface area contributed by atoms with Gasteiger partial charge in [0.25, 0.3) is 0 Å². The highest BCUT2D eigenvalue weighted by molar-refractivity contribution is 5.71. The quantitative estimate of drug-likeness (QED) is 0.0263. The average Bonchev–Trinajstić information content (AvgIpc) is 3.26. The number of rotatable bonds is 45. The van der Waals surface area contributed by atoms with Crippen molar-refractivity contribution in [3.8, 4) is 0 Å². The summed E-state index contributed by atoms with van der Waals surface area (Å²) in [6.45, 7) is 6.50. The van der Waals surface area contributed by atoms with Crippen LogP contribution in [-0.4, -0.2) is 37.2 Å². The molecule has 350 valence electrons. The van der Waals surface area contributed by atoms with Gasteiger partial charge in [-0.2, -0.15) is 0 Å². The van der Waals surface area contributed by atoms with Crippen LogP contribution in [0.3, 0.4) is 0 Å². The molecule has 0 amide bonds. The van der Waals surface area contributed by atoms with Crippen molar-refractivity contribution in [2.75, 3.05) is 13.2 Å². The molecule has 61 heavy (non-hydrogen) atoms. The van der Waals surface area contributed by atoms with Crippen molar-refractivity contribution in [1.82, 2.24) is 0 Å². The lowest BCUT2D eigenvalue weighted by atomic mass is 10.0. The van der Waals surface area contributed by atoms with E-state index in [9.17, 15) is 14.4 Å².